The van der Waals surface area contributed by atoms with Gasteiger partial charge in [0.15, 0.2) is 0 Å². The first-order valence-corrected chi connectivity index (χ1v) is 2.60. The Bertz CT molecular complexity index is 74.6. The van der Waals surface area contributed by atoms with Gasteiger partial charge in [-0.2, -0.15) is 0 Å². The maximum absolute atomic E-state index is 9.79. The molecule has 0 aromatic rings. The Morgan fingerprint density at radius 1 is 1.33 bits per heavy atom. The van der Waals surface area contributed by atoms with Crippen LogP contribution in [0.2, 0.25) is 0 Å². The van der Waals surface area contributed by atoms with Gasteiger partial charge >= 0.3 is 32.2 Å². The van der Waals surface area contributed by atoms with E-state index < -0.39 is 5.97 Å². The van der Waals surface area contributed by atoms with Crippen LogP contribution in [0.5, 0.6) is 0 Å². The van der Waals surface area contributed by atoms with Gasteiger partial charge in [0.1, 0.15) is 0 Å². The Labute approximate surface area is 73.2 Å². The standard InChI is InChI=1S/C5H10O3.Bi.3H/c6-4-2-1-3-5(7)8;;;;/h6H,1-4H2,(H,7,8);;;;. The van der Waals surface area contributed by atoms with Crippen molar-refractivity contribution >= 4 is 32.2 Å². The second kappa shape index (κ2) is 8.31. The fourth-order valence-electron chi connectivity index (χ4n) is 0.388. The van der Waals surface area contributed by atoms with Gasteiger partial charge < -0.3 is 10.2 Å². The van der Waals surface area contributed by atoms with Crippen LogP contribution in [0.15, 0.2) is 0 Å². The molecule has 0 radical (unpaired) electrons. The molecule has 3 nitrogen and oxygen atoms in total. The Morgan fingerprint density at radius 3 is 2.22 bits per heavy atom. The molecule has 0 spiro atoms. The molecule has 4 heteroatoms. The summed E-state index contributed by atoms with van der Waals surface area (Å²) in [5.74, 6) is -0.793. The van der Waals surface area contributed by atoms with Gasteiger partial charge in [-0.05, 0) is 12.8 Å². The maximum atomic E-state index is 9.79. The quantitative estimate of drug-likeness (QED) is 0.516. The Kier molecular flexibility index (Phi) is 11.1. The van der Waals surface area contributed by atoms with Crippen molar-refractivity contribution in [3.63, 3.8) is 0 Å². The Hall–Kier alpha value is 0.313. The molecule has 0 aromatic carbocycles. The van der Waals surface area contributed by atoms with Crippen molar-refractivity contribution in [3.8, 4) is 0 Å². The molecule has 9 heavy (non-hydrogen) atoms. The van der Waals surface area contributed by atoms with Crippen LogP contribution in [0.3, 0.4) is 0 Å². The van der Waals surface area contributed by atoms with Gasteiger partial charge in [-0.3, -0.25) is 4.79 Å². The van der Waals surface area contributed by atoms with Crippen molar-refractivity contribution < 1.29 is 15.0 Å². The molecule has 0 saturated carbocycles. The van der Waals surface area contributed by atoms with Crippen molar-refractivity contribution in [2.24, 2.45) is 0 Å². The number of hydrogen-bond acceptors (Lipinski definition) is 2. The number of aliphatic carboxylic acids is 1. The second-order valence-corrected chi connectivity index (χ2v) is 1.57. The van der Waals surface area contributed by atoms with E-state index in [-0.39, 0.29) is 39.2 Å². The van der Waals surface area contributed by atoms with Gasteiger partial charge in [0.2, 0.25) is 0 Å². The summed E-state index contributed by atoms with van der Waals surface area (Å²) in [6, 6.07) is 0. The van der Waals surface area contributed by atoms with E-state index in [4.69, 9.17) is 10.2 Å². The number of aliphatic hydroxyl groups excluding tert-OH is 1. The molecule has 0 aliphatic heterocycles. The number of carboxylic acid groups (broad SMARTS) is 1. The van der Waals surface area contributed by atoms with Crippen LogP contribution in [0.1, 0.15) is 19.3 Å². The molecule has 0 saturated heterocycles. The van der Waals surface area contributed by atoms with Crippen molar-refractivity contribution in [2.75, 3.05) is 6.61 Å². The Balaban J connectivity index is 0. The summed E-state index contributed by atoms with van der Waals surface area (Å²) in [5, 5.41) is 16.2. The summed E-state index contributed by atoms with van der Waals surface area (Å²) in [6.07, 6.45) is 1.33. The SMILES string of the molecule is O=C(O)CCCCO.[BiH3]. The average Bonchev–Trinajstić information content (AvgIpc) is 1.66. The third-order valence-corrected chi connectivity index (χ3v) is 0.799. The molecule has 0 rings (SSSR count). The van der Waals surface area contributed by atoms with Crippen LogP contribution in [0.4, 0.5) is 0 Å². The summed E-state index contributed by atoms with van der Waals surface area (Å²) in [7, 11) is 0. The zero-order chi connectivity index (χ0) is 6.41. The van der Waals surface area contributed by atoms with E-state index in [0.29, 0.717) is 12.8 Å². The first kappa shape index (κ1) is 12.0. The van der Waals surface area contributed by atoms with E-state index in [9.17, 15) is 4.79 Å². The topological polar surface area (TPSA) is 57.5 Å². The fraction of sp³-hybridized carbons (Fsp3) is 0.800. The zero-order valence-corrected chi connectivity index (χ0v) is 10.8. The van der Waals surface area contributed by atoms with Gasteiger partial charge in [-0.1, -0.05) is 0 Å². The van der Waals surface area contributed by atoms with E-state index in [0.717, 1.165) is 0 Å². The zero-order valence-electron chi connectivity index (χ0n) is 5.34. The molecule has 0 aliphatic rings. The van der Waals surface area contributed by atoms with Gasteiger partial charge in [0.05, 0.1) is 0 Å². The second-order valence-electron chi connectivity index (χ2n) is 1.57. The molecule has 2 N–H and O–H groups in total. The van der Waals surface area contributed by atoms with Gasteiger partial charge in [0.25, 0.3) is 0 Å². The summed E-state index contributed by atoms with van der Waals surface area (Å²) in [5.41, 5.74) is 0. The van der Waals surface area contributed by atoms with Crippen molar-refractivity contribution in [1.29, 1.82) is 0 Å². The van der Waals surface area contributed by atoms with E-state index >= 15 is 0 Å². The average molecular weight is 330 g/mol. The Morgan fingerprint density at radius 2 is 1.89 bits per heavy atom. The number of carbonyl (C=O) groups is 1. The summed E-state index contributed by atoms with van der Waals surface area (Å²) < 4.78 is 0. The predicted molar refractivity (Wildman–Crippen MR) is 38.5 cm³/mol. The molecule has 0 unspecified atom stereocenters. The third-order valence-electron chi connectivity index (χ3n) is 0.799. The molecular weight excluding hydrogens is 317 g/mol. The number of aliphatic hydroxyl groups is 1. The molecule has 0 fully saturated rings. The monoisotopic (exact) mass is 330 g/mol. The minimum atomic E-state index is -0.793. The molecule has 0 heterocycles. The van der Waals surface area contributed by atoms with E-state index in [2.05, 4.69) is 0 Å². The molecule has 0 atom stereocenters. The van der Waals surface area contributed by atoms with Crippen LogP contribution >= 0.6 is 0 Å². The number of hydrogen-bond donors (Lipinski definition) is 2. The number of rotatable bonds is 4. The molecule has 0 bridgehead atoms. The van der Waals surface area contributed by atoms with Gasteiger partial charge in [0, 0.05) is 13.0 Å². The third kappa shape index (κ3) is 11.7. The van der Waals surface area contributed by atoms with E-state index in [1.165, 1.54) is 0 Å². The van der Waals surface area contributed by atoms with Crippen molar-refractivity contribution in [2.45, 2.75) is 19.3 Å². The molecule has 0 amide bonds. The van der Waals surface area contributed by atoms with Crippen molar-refractivity contribution in [3.05, 3.63) is 0 Å². The summed E-state index contributed by atoms with van der Waals surface area (Å²) in [4.78, 5) is 9.79. The van der Waals surface area contributed by atoms with E-state index in [1.54, 1.807) is 0 Å². The molecule has 0 aliphatic carbocycles. The molecule has 56 valence electrons. The minimum absolute atomic E-state index is 0. The van der Waals surface area contributed by atoms with Crippen molar-refractivity contribution in [1.82, 2.24) is 0 Å². The number of carboxylic acids is 1. The van der Waals surface area contributed by atoms with Crippen LogP contribution in [-0.2, 0) is 4.79 Å². The predicted octanol–water partition coefficient (Wildman–Crippen LogP) is -0.950. The van der Waals surface area contributed by atoms with Gasteiger partial charge in [-0.25, -0.2) is 0 Å². The van der Waals surface area contributed by atoms with Crippen LogP contribution < -0.4 is 0 Å². The van der Waals surface area contributed by atoms with Gasteiger partial charge in [-0.15, -0.1) is 0 Å². The van der Waals surface area contributed by atoms with E-state index in [1.807, 2.05) is 0 Å². The summed E-state index contributed by atoms with van der Waals surface area (Å²) >= 11 is 0. The van der Waals surface area contributed by atoms with Crippen LogP contribution in [0, 0.1) is 0 Å². The molecular formula is C5H13BiO3. The van der Waals surface area contributed by atoms with Crippen LogP contribution in [-0.4, -0.2) is 49.0 Å². The molecule has 0 aromatic heterocycles. The normalized spacial score (nSPS) is 8.11. The van der Waals surface area contributed by atoms with Crippen LogP contribution in [0.25, 0.3) is 0 Å². The first-order chi connectivity index (χ1) is 3.77. The first-order valence-electron chi connectivity index (χ1n) is 2.60. The fourth-order valence-corrected chi connectivity index (χ4v) is 0.388. The summed E-state index contributed by atoms with van der Waals surface area (Å²) in [6.45, 7) is 0.0906. The number of unbranched alkanes of at least 4 members (excludes halogenated alkanes) is 1.